The lowest BCUT2D eigenvalue weighted by atomic mass is 10.1. The normalized spacial score (nSPS) is 21.5. The highest BCUT2D eigenvalue weighted by Gasteiger charge is 2.34. The van der Waals surface area contributed by atoms with Crippen LogP contribution in [0.25, 0.3) is 0 Å². The van der Waals surface area contributed by atoms with Crippen molar-refractivity contribution in [2.45, 2.75) is 31.7 Å². The molecule has 1 unspecified atom stereocenters. The summed E-state index contributed by atoms with van der Waals surface area (Å²) in [4.78, 5) is 13.8. The number of amides is 1. The molecule has 112 valence electrons. The predicted octanol–water partition coefficient (Wildman–Crippen LogP) is 1.06. The molecule has 1 heterocycles. The van der Waals surface area contributed by atoms with Crippen LogP contribution in [0.5, 0.6) is 0 Å². The van der Waals surface area contributed by atoms with Gasteiger partial charge in [0.15, 0.2) is 9.84 Å². The molecule has 0 aromatic heterocycles. The molecule has 1 saturated heterocycles. The van der Waals surface area contributed by atoms with Crippen molar-refractivity contribution in [2.24, 2.45) is 0 Å². The maximum absolute atomic E-state index is 12.2. The molecule has 7 heteroatoms. The maximum atomic E-state index is 12.2. The lowest BCUT2D eigenvalue weighted by Crippen LogP contribution is -2.43. The van der Waals surface area contributed by atoms with Gasteiger partial charge in [-0.1, -0.05) is 0 Å². The predicted molar refractivity (Wildman–Crippen MR) is 75.2 cm³/mol. The molecule has 1 amide bonds. The Kier molecular flexibility index (Phi) is 7.10. The number of alkyl halides is 1. The Morgan fingerprint density at radius 2 is 2.16 bits per heavy atom. The van der Waals surface area contributed by atoms with Crippen molar-refractivity contribution < 1.29 is 17.9 Å². The zero-order chi connectivity index (χ0) is 14.3. The first-order valence-electron chi connectivity index (χ1n) is 6.55. The van der Waals surface area contributed by atoms with Crippen molar-refractivity contribution in [3.05, 3.63) is 0 Å². The summed E-state index contributed by atoms with van der Waals surface area (Å²) < 4.78 is 28.0. The molecule has 0 aromatic rings. The van der Waals surface area contributed by atoms with E-state index in [1.165, 1.54) is 0 Å². The fourth-order valence-corrected chi connectivity index (χ4v) is 4.16. The lowest BCUT2D eigenvalue weighted by molar-refractivity contribution is -0.133. The molecule has 0 radical (unpaired) electrons. The number of methoxy groups -OCH3 is 1. The van der Waals surface area contributed by atoms with Gasteiger partial charge in [-0.3, -0.25) is 4.79 Å². The number of nitrogens with zero attached hydrogens (tertiary/aromatic N) is 1. The molecule has 1 atom stereocenters. The van der Waals surface area contributed by atoms with Crippen molar-refractivity contribution >= 4 is 27.3 Å². The van der Waals surface area contributed by atoms with Crippen molar-refractivity contribution in [1.82, 2.24) is 4.90 Å². The van der Waals surface area contributed by atoms with Crippen LogP contribution in [0, 0.1) is 0 Å². The van der Waals surface area contributed by atoms with E-state index < -0.39 is 9.84 Å². The van der Waals surface area contributed by atoms with Crippen LogP contribution in [-0.2, 0) is 19.4 Å². The van der Waals surface area contributed by atoms with Crippen LogP contribution in [0.2, 0.25) is 0 Å². The largest absolute Gasteiger partial charge is 0.383 e. The molecule has 0 bridgehead atoms. The Morgan fingerprint density at radius 3 is 2.68 bits per heavy atom. The third-order valence-electron chi connectivity index (χ3n) is 3.28. The number of carbonyl (C=O) groups excluding carboxylic acids is 1. The smallest absolute Gasteiger partial charge is 0.222 e. The van der Waals surface area contributed by atoms with Gasteiger partial charge >= 0.3 is 0 Å². The van der Waals surface area contributed by atoms with Crippen LogP contribution in [0.15, 0.2) is 0 Å². The summed E-state index contributed by atoms with van der Waals surface area (Å²) in [6, 6.07) is -0.191. The molecule has 1 rings (SSSR count). The summed E-state index contributed by atoms with van der Waals surface area (Å²) in [5.74, 6) is 0.807. The van der Waals surface area contributed by atoms with Gasteiger partial charge in [0.1, 0.15) is 0 Å². The molecular formula is C12H22ClNO4S. The van der Waals surface area contributed by atoms with E-state index in [1.54, 1.807) is 12.0 Å². The van der Waals surface area contributed by atoms with E-state index in [1.807, 2.05) is 0 Å². The maximum Gasteiger partial charge on any atom is 0.222 e. The Hall–Kier alpha value is -0.330. The van der Waals surface area contributed by atoms with Crippen LogP contribution in [0.4, 0.5) is 0 Å². The number of rotatable bonds is 8. The van der Waals surface area contributed by atoms with E-state index in [-0.39, 0.29) is 23.5 Å². The first-order chi connectivity index (χ1) is 9.00. The van der Waals surface area contributed by atoms with Gasteiger partial charge in [0.25, 0.3) is 0 Å². The van der Waals surface area contributed by atoms with Crippen molar-refractivity contribution in [2.75, 3.05) is 37.6 Å². The van der Waals surface area contributed by atoms with Crippen LogP contribution in [-0.4, -0.2) is 62.9 Å². The average molecular weight is 312 g/mol. The number of unbranched alkanes of at least 4 members (excludes halogenated alkanes) is 1. The van der Waals surface area contributed by atoms with Crippen molar-refractivity contribution in [3.8, 4) is 0 Å². The third-order valence-corrected chi connectivity index (χ3v) is 5.30. The van der Waals surface area contributed by atoms with E-state index >= 15 is 0 Å². The highest BCUT2D eigenvalue weighted by molar-refractivity contribution is 7.91. The van der Waals surface area contributed by atoms with Gasteiger partial charge in [-0.15, -0.1) is 11.6 Å². The molecule has 1 aliphatic rings. The standard InChI is InChI=1S/C12H22ClNO4S/c1-18-8-7-14(12(15)4-2-3-6-13)11-5-9-19(16,17)10-11/h11H,2-10H2,1H3. The van der Waals surface area contributed by atoms with Crippen LogP contribution >= 0.6 is 11.6 Å². The summed E-state index contributed by atoms with van der Waals surface area (Å²) in [5, 5.41) is 0. The second-order valence-electron chi connectivity index (χ2n) is 4.78. The minimum atomic E-state index is -2.98. The monoisotopic (exact) mass is 311 g/mol. The first kappa shape index (κ1) is 16.7. The van der Waals surface area contributed by atoms with Crippen molar-refractivity contribution in [1.29, 1.82) is 0 Å². The third kappa shape index (κ3) is 5.67. The molecule has 19 heavy (non-hydrogen) atoms. The minimum Gasteiger partial charge on any atom is -0.383 e. The van der Waals surface area contributed by atoms with Crippen molar-refractivity contribution in [3.63, 3.8) is 0 Å². The average Bonchev–Trinajstić information content (AvgIpc) is 2.70. The molecule has 5 nitrogen and oxygen atoms in total. The minimum absolute atomic E-state index is 0.00395. The number of hydrogen-bond acceptors (Lipinski definition) is 4. The Morgan fingerprint density at radius 1 is 1.42 bits per heavy atom. The Balaban J connectivity index is 2.58. The second-order valence-corrected chi connectivity index (χ2v) is 7.39. The first-order valence-corrected chi connectivity index (χ1v) is 8.90. The fourth-order valence-electron chi connectivity index (χ4n) is 2.24. The van der Waals surface area contributed by atoms with E-state index in [4.69, 9.17) is 16.3 Å². The molecule has 1 fully saturated rings. The number of hydrogen-bond donors (Lipinski definition) is 0. The van der Waals surface area contributed by atoms with Gasteiger partial charge in [-0.2, -0.15) is 0 Å². The van der Waals surface area contributed by atoms with E-state index in [0.717, 1.165) is 12.8 Å². The molecule has 0 spiro atoms. The zero-order valence-electron chi connectivity index (χ0n) is 11.3. The van der Waals surface area contributed by atoms with Crippen LogP contribution < -0.4 is 0 Å². The van der Waals surface area contributed by atoms with Crippen LogP contribution in [0.1, 0.15) is 25.7 Å². The number of ether oxygens (including phenoxy) is 1. The molecule has 1 aliphatic heterocycles. The highest BCUT2D eigenvalue weighted by Crippen LogP contribution is 2.19. The van der Waals surface area contributed by atoms with Gasteiger partial charge in [-0.05, 0) is 19.3 Å². The number of halogens is 1. The summed E-state index contributed by atoms with van der Waals surface area (Å²) in [6.07, 6.45) is 2.50. The molecule has 0 N–H and O–H groups in total. The lowest BCUT2D eigenvalue weighted by Gasteiger charge is -2.28. The summed E-state index contributed by atoms with van der Waals surface area (Å²) in [7, 11) is -1.41. The molecule has 0 saturated carbocycles. The molecule has 0 aromatic carbocycles. The molecular weight excluding hydrogens is 290 g/mol. The van der Waals surface area contributed by atoms with Gasteiger partial charge < -0.3 is 9.64 Å². The van der Waals surface area contributed by atoms with Gasteiger partial charge in [0.05, 0.1) is 18.1 Å². The van der Waals surface area contributed by atoms with E-state index in [2.05, 4.69) is 0 Å². The summed E-state index contributed by atoms with van der Waals surface area (Å²) >= 11 is 5.59. The van der Waals surface area contributed by atoms with Gasteiger partial charge in [0, 0.05) is 32.0 Å². The summed E-state index contributed by atoms with van der Waals surface area (Å²) in [6.45, 7) is 0.883. The topological polar surface area (TPSA) is 63.7 Å². The SMILES string of the molecule is COCCN(C(=O)CCCCCl)C1CCS(=O)(=O)C1. The highest BCUT2D eigenvalue weighted by atomic mass is 35.5. The van der Waals surface area contributed by atoms with Gasteiger partial charge in [0.2, 0.25) is 5.91 Å². The Bertz CT molecular complexity index is 385. The Labute approximate surface area is 120 Å². The second kappa shape index (κ2) is 8.07. The quantitative estimate of drug-likeness (QED) is 0.496. The van der Waals surface area contributed by atoms with E-state index in [0.29, 0.717) is 31.9 Å². The van der Waals surface area contributed by atoms with Gasteiger partial charge in [-0.25, -0.2) is 8.42 Å². The number of carbonyl (C=O) groups is 1. The van der Waals surface area contributed by atoms with Crippen LogP contribution in [0.3, 0.4) is 0 Å². The summed E-state index contributed by atoms with van der Waals surface area (Å²) in [5.41, 5.74) is 0. The fraction of sp³-hybridized carbons (Fsp3) is 0.917. The zero-order valence-corrected chi connectivity index (χ0v) is 12.9. The molecule has 0 aliphatic carbocycles. The number of sulfone groups is 1. The van der Waals surface area contributed by atoms with E-state index in [9.17, 15) is 13.2 Å².